The molecule has 0 radical (unpaired) electrons. The SMILES string of the molecule is CN1CCNC(=O)C12CCN(C(=O)Cc1cccc(C(F)(F)F)c1)CC2. The van der Waals surface area contributed by atoms with E-state index < -0.39 is 17.3 Å². The van der Waals surface area contributed by atoms with Gasteiger partial charge in [0.1, 0.15) is 5.54 Å². The quantitative estimate of drug-likeness (QED) is 0.863. The Hall–Kier alpha value is -2.09. The maximum Gasteiger partial charge on any atom is 0.416 e. The van der Waals surface area contributed by atoms with Crippen molar-refractivity contribution in [3.05, 3.63) is 35.4 Å². The van der Waals surface area contributed by atoms with Crippen LogP contribution in [0.4, 0.5) is 13.2 Å². The van der Waals surface area contributed by atoms with Gasteiger partial charge in [-0.3, -0.25) is 14.5 Å². The second kappa shape index (κ2) is 6.90. The fourth-order valence-electron chi connectivity index (χ4n) is 3.77. The Labute approximate surface area is 150 Å². The van der Waals surface area contributed by atoms with Gasteiger partial charge in [-0.15, -0.1) is 0 Å². The van der Waals surface area contributed by atoms with Crippen molar-refractivity contribution in [3.63, 3.8) is 0 Å². The smallest absolute Gasteiger partial charge is 0.353 e. The molecule has 142 valence electrons. The number of likely N-dealkylation sites (tertiary alicyclic amines) is 1. The standard InChI is InChI=1S/C18H22F3N3O2/c1-23-10-7-22-16(26)17(23)5-8-24(9-6-17)15(25)12-13-3-2-4-14(11-13)18(19,20)21/h2-4,11H,5-10,12H2,1H3,(H,22,26). The van der Waals surface area contributed by atoms with E-state index in [1.54, 1.807) is 4.90 Å². The van der Waals surface area contributed by atoms with Crippen molar-refractivity contribution in [2.75, 3.05) is 33.2 Å². The van der Waals surface area contributed by atoms with Gasteiger partial charge >= 0.3 is 6.18 Å². The summed E-state index contributed by atoms with van der Waals surface area (Å²) >= 11 is 0. The molecule has 0 saturated carbocycles. The average Bonchev–Trinajstić information content (AvgIpc) is 2.60. The average molecular weight is 369 g/mol. The van der Waals surface area contributed by atoms with Gasteiger partial charge in [0.05, 0.1) is 12.0 Å². The number of likely N-dealkylation sites (N-methyl/N-ethyl adjacent to an activating group) is 1. The van der Waals surface area contributed by atoms with Crippen molar-refractivity contribution < 1.29 is 22.8 Å². The van der Waals surface area contributed by atoms with Crippen molar-refractivity contribution in [3.8, 4) is 0 Å². The number of nitrogens with one attached hydrogen (secondary N) is 1. The fourth-order valence-corrected chi connectivity index (χ4v) is 3.77. The first-order chi connectivity index (χ1) is 12.2. The van der Waals surface area contributed by atoms with Crippen LogP contribution in [0, 0.1) is 0 Å². The van der Waals surface area contributed by atoms with E-state index >= 15 is 0 Å². The molecule has 8 heteroatoms. The topological polar surface area (TPSA) is 52.7 Å². The van der Waals surface area contributed by atoms with Crippen molar-refractivity contribution in [2.45, 2.75) is 31.0 Å². The van der Waals surface area contributed by atoms with Gasteiger partial charge < -0.3 is 10.2 Å². The molecule has 0 atom stereocenters. The van der Waals surface area contributed by atoms with Gasteiger partial charge in [-0.05, 0) is 31.5 Å². The van der Waals surface area contributed by atoms with Crippen LogP contribution >= 0.6 is 0 Å². The van der Waals surface area contributed by atoms with Crippen molar-refractivity contribution >= 4 is 11.8 Å². The molecule has 2 amide bonds. The molecule has 2 heterocycles. The highest BCUT2D eigenvalue weighted by Gasteiger charge is 2.46. The van der Waals surface area contributed by atoms with Crippen LogP contribution in [-0.2, 0) is 22.2 Å². The Kier molecular flexibility index (Phi) is 4.96. The number of alkyl halides is 3. The number of nitrogens with zero attached hydrogens (tertiary/aromatic N) is 2. The summed E-state index contributed by atoms with van der Waals surface area (Å²) in [5.41, 5.74) is -0.982. The highest BCUT2D eigenvalue weighted by Crippen LogP contribution is 2.31. The fraction of sp³-hybridized carbons (Fsp3) is 0.556. The summed E-state index contributed by atoms with van der Waals surface area (Å²) in [5, 5.41) is 2.89. The third-order valence-electron chi connectivity index (χ3n) is 5.44. The molecule has 1 spiro atoms. The molecule has 2 fully saturated rings. The maximum atomic E-state index is 12.8. The maximum absolute atomic E-state index is 12.8. The van der Waals surface area contributed by atoms with Crippen LogP contribution in [0.3, 0.4) is 0 Å². The van der Waals surface area contributed by atoms with Crippen LogP contribution in [-0.4, -0.2) is 60.4 Å². The predicted octanol–water partition coefficient (Wildman–Crippen LogP) is 1.67. The third-order valence-corrected chi connectivity index (χ3v) is 5.44. The lowest BCUT2D eigenvalue weighted by Crippen LogP contribution is -2.67. The molecule has 2 saturated heterocycles. The molecule has 0 aromatic heterocycles. The minimum atomic E-state index is -4.42. The zero-order valence-electron chi connectivity index (χ0n) is 14.6. The highest BCUT2D eigenvalue weighted by atomic mass is 19.4. The number of benzene rings is 1. The van der Waals surface area contributed by atoms with Gasteiger partial charge in [-0.2, -0.15) is 13.2 Å². The molecule has 1 aromatic rings. The van der Waals surface area contributed by atoms with Gasteiger partial charge in [-0.1, -0.05) is 18.2 Å². The summed E-state index contributed by atoms with van der Waals surface area (Å²) in [7, 11) is 1.92. The minimum absolute atomic E-state index is 0.00349. The van der Waals surface area contributed by atoms with Crippen LogP contribution in [0.5, 0.6) is 0 Å². The number of rotatable bonds is 2. The molecule has 2 aliphatic heterocycles. The molecule has 1 N–H and O–H groups in total. The van der Waals surface area contributed by atoms with Gasteiger partial charge in [0.15, 0.2) is 0 Å². The summed E-state index contributed by atoms with van der Waals surface area (Å²) in [5.74, 6) is -0.214. The Morgan fingerprint density at radius 3 is 2.54 bits per heavy atom. The number of halogens is 3. The first kappa shape index (κ1) is 18.7. The largest absolute Gasteiger partial charge is 0.416 e. The van der Waals surface area contributed by atoms with Crippen molar-refractivity contribution in [1.82, 2.24) is 15.1 Å². The molecular formula is C18H22F3N3O2. The van der Waals surface area contributed by atoms with Gasteiger partial charge in [0, 0.05) is 26.2 Å². The van der Waals surface area contributed by atoms with Gasteiger partial charge in [0.2, 0.25) is 11.8 Å². The first-order valence-corrected chi connectivity index (χ1v) is 8.66. The van der Waals surface area contributed by atoms with E-state index in [2.05, 4.69) is 5.32 Å². The minimum Gasteiger partial charge on any atom is -0.353 e. The molecule has 26 heavy (non-hydrogen) atoms. The predicted molar refractivity (Wildman–Crippen MR) is 89.3 cm³/mol. The lowest BCUT2D eigenvalue weighted by atomic mass is 9.83. The van der Waals surface area contributed by atoms with E-state index in [-0.39, 0.29) is 18.2 Å². The van der Waals surface area contributed by atoms with E-state index in [1.165, 1.54) is 12.1 Å². The zero-order chi connectivity index (χ0) is 18.9. The molecule has 1 aromatic carbocycles. The first-order valence-electron chi connectivity index (χ1n) is 8.66. The molecule has 2 aliphatic rings. The van der Waals surface area contributed by atoms with E-state index in [4.69, 9.17) is 0 Å². The normalized spacial score (nSPS) is 20.9. The van der Waals surface area contributed by atoms with E-state index in [0.29, 0.717) is 38.0 Å². The number of carbonyl (C=O) groups excluding carboxylic acids is 2. The van der Waals surface area contributed by atoms with Crippen LogP contribution in [0.2, 0.25) is 0 Å². The zero-order valence-corrected chi connectivity index (χ0v) is 14.6. The summed E-state index contributed by atoms with van der Waals surface area (Å²) in [6.07, 6.45) is -3.43. The number of amides is 2. The highest BCUT2D eigenvalue weighted by molar-refractivity contribution is 5.87. The van der Waals surface area contributed by atoms with E-state index in [0.717, 1.165) is 18.7 Å². The van der Waals surface area contributed by atoms with Gasteiger partial charge in [-0.25, -0.2) is 0 Å². The molecule has 0 aliphatic carbocycles. The van der Waals surface area contributed by atoms with Crippen LogP contribution in [0.25, 0.3) is 0 Å². The summed E-state index contributed by atoms with van der Waals surface area (Å²) in [6.45, 7) is 2.24. The summed E-state index contributed by atoms with van der Waals surface area (Å²) < 4.78 is 38.4. The second-order valence-electron chi connectivity index (χ2n) is 6.96. The van der Waals surface area contributed by atoms with Crippen LogP contribution in [0.15, 0.2) is 24.3 Å². The van der Waals surface area contributed by atoms with E-state index in [9.17, 15) is 22.8 Å². The number of hydrogen-bond acceptors (Lipinski definition) is 3. The second-order valence-corrected chi connectivity index (χ2v) is 6.96. The Bertz CT molecular complexity index is 697. The Balaban J connectivity index is 1.63. The number of piperidine rings is 1. The molecule has 0 unspecified atom stereocenters. The molecule has 3 rings (SSSR count). The third kappa shape index (κ3) is 3.56. The van der Waals surface area contributed by atoms with Crippen molar-refractivity contribution in [2.24, 2.45) is 0 Å². The van der Waals surface area contributed by atoms with Crippen molar-refractivity contribution in [1.29, 1.82) is 0 Å². The Morgan fingerprint density at radius 2 is 1.92 bits per heavy atom. The number of piperazine rings is 1. The molecule has 5 nitrogen and oxygen atoms in total. The molecular weight excluding hydrogens is 347 g/mol. The summed E-state index contributed by atoms with van der Waals surface area (Å²) in [4.78, 5) is 28.5. The van der Waals surface area contributed by atoms with Crippen LogP contribution < -0.4 is 5.32 Å². The van der Waals surface area contributed by atoms with E-state index in [1.807, 2.05) is 11.9 Å². The monoisotopic (exact) mass is 369 g/mol. The number of hydrogen-bond donors (Lipinski definition) is 1. The lowest BCUT2D eigenvalue weighted by Gasteiger charge is -2.48. The summed E-state index contributed by atoms with van der Waals surface area (Å²) in [6, 6.07) is 4.86. The molecule has 0 bridgehead atoms. The number of carbonyl (C=O) groups is 2. The van der Waals surface area contributed by atoms with Crippen LogP contribution in [0.1, 0.15) is 24.0 Å². The lowest BCUT2D eigenvalue weighted by molar-refractivity contribution is -0.144. The van der Waals surface area contributed by atoms with Gasteiger partial charge in [0.25, 0.3) is 0 Å². The Morgan fingerprint density at radius 1 is 1.23 bits per heavy atom.